The van der Waals surface area contributed by atoms with Crippen LogP contribution < -0.4 is 5.32 Å². The van der Waals surface area contributed by atoms with Gasteiger partial charge in [0.15, 0.2) is 0 Å². The molecular formula is C16H23NO4. The number of hydrogen-bond donors (Lipinski definition) is 2. The van der Waals surface area contributed by atoms with Gasteiger partial charge in [-0.05, 0) is 33.6 Å². The fraction of sp³-hybridized carbons (Fsp3) is 0.625. The summed E-state index contributed by atoms with van der Waals surface area (Å²) in [6.45, 7) is 5.43. The third-order valence-corrected chi connectivity index (χ3v) is 4.44. The summed E-state index contributed by atoms with van der Waals surface area (Å²) < 4.78 is 5.48. The highest BCUT2D eigenvalue weighted by Gasteiger charge is 2.31. The number of aryl methyl sites for hydroxylation is 2. The Morgan fingerprint density at radius 2 is 1.76 bits per heavy atom. The Kier molecular flexibility index (Phi) is 4.70. The molecule has 0 saturated heterocycles. The second kappa shape index (κ2) is 6.33. The lowest BCUT2D eigenvalue weighted by Crippen LogP contribution is -2.43. The summed E-state index contributed by atoms with van der Waals surface area (Å²) in [5.41, 5.74) is 1.37. The number of carbonyl (C=O) groups excluding carboxylic acids is 1. The molecule has 1 fully saturated rings. The predicted molar refractivity (Wildman–Crippen MR) is 78.4 cm³/mol. The topological polar surface area (TPSA) is 79.5 Å². The van der Waals surface area contributed by atoms with E-state index in [4.69, 9.17) is 4.42 Å². The molecule has 1 aliphatic rings. The van der Waals surface area contributed by atoms with E-state index in [-0.39, 0.29) is 11.9 Å². The molecule has 5 heteroatoms. The van der Waals surface area contributed by atoms with Crippen LogP contribution in [0.3, 0.4) is 0 Å². The van der Waals surface area contributed by atoms with Crippen LogP contribution in [0.1, 0.15) is 59.5 Å². The summed E-state index contributed by atoms with van der Waals surface area (Å²) in [6.07, 6.45) is 4.24. The molecule has 0 bridgehead atoms. The standard InChI is InChI=1S/C16H23NO4/c1-9-10(2)21-11(3)14(9)15(18)17-13-8-6-4-5-7-12(13)16(19)20/h12-13H,4-8H2,1-3H3,(H,17,18)(H,19,20). The maximum atomic E-state index is 12.5. The molecule has 0 aliphatic heterocycles. The van der Waals surface area contributed by atoms with Crippen LogP contribution in [0.4, 0.5) is 0 Å². The van der Waals surface area contributed by atoms with Gasteiger partial charge in [-0.2, -0.15) is 0 Å². The van der Waals surface area contributed by atoms with E-state index in [2.05, 4.69) is 5.32 Å². The molecule has 0 aromatic carbocycles. The van der Waals surface area contributed by atoms with Crippen LogP contribution in [-0.2, 0) is 4.79 Å². The lowest BCUT2D eigenvalue weighted by Gasteiger charge is -2.22. The average Bonchev–Trinajstić information content (AvgIpc) is 2.58. The zero-order chi connectivity index (χ0) is 15.6. The normalized spacial score (nSPS) is 22.6. The quantitative estimate of drug-likeness (QED) is 0.840. The van der Waals surface area contributed by atoms with Crippen LogP contribution in [0.15, 0.2) is 4.42 Å². The molecule has 2 unspecified atom stereocenters. The van der Waals surface area contributed by atoms with Gasteiger partial charge in [0.05, 0.1) is 11.5 Å². The predicted octanol–water partition coefficient (Wildman–Crippen LogP) is 2.97. The fourth-order valence-corrected chi connectivity index (χ4v) is 3.14. The van der Waals surface area contributed by atoms with Gasteiger partial charge in [-0.1, -0.05) is 19.3 Å². The van der Waals surface area contributed by atoms with Gasteiger partial charge in [0.1, 0.15) is 11.5 Å². The van der Waals surface area contributed by atoms with Crippen molar-refractivity contribution < 1.29 is 19.1 Å². The van der Waals surface area contributed by atoms with Crippen LogP contribution in [0, 0.1) is 26.7 Å². The van der Waals surface area contributed by atoms with Crippen LogP contribution in [0.2, 0.25) is 0 Å². The first kappa shape index (κ1) is 15.6. The van der Waals surface area contributed by atoms with E-state index < -0.39 is 11.9 Å². The summed E-state index contributed by atoms with van der Waals surface area (Å²) in [5.74, 6) is -0.222. The van der Waals surface area contributed by atoms with Crippen molar-refractivity contribution in [1.82, 2.24) is 5.32 Å². The molecular weight excluding hydrogens is 270 g/mol. The zero-order valence-electron chi connectivity index (χ0n) is 12.9. The number of hydrogen-bond acceptors (Lipinski definition) is 3. The highest BCUT2D eigenvalue weighted by Crippen LogP contribution is 2.26. The molecule has 2 rings (SSSR count). The number of amides is 1. The first-order valence-corrected chi connectivity index (χ1v) is 7.52. The van der Waals surface area contributed by atoms with Crippen molar-refractivity contribution in [1.29, 1.82) is 0 Å². The number of aliphatic carboxylic acids is 1. The summed E-state index contributed by atoms with van der Waals surface area (Å²) in [5, 5.41) is 12.3. The molecule has 116 valence electrons. The number of carboxylic acid groups (broad SMARTS) is 1. The second-order valence-corrected chi connectivity index (χ2v) is 5.88. The molecule has 1 aromatic heterocycles. The third kappa shape index (κ3) is 3.28. The minimum Gasteiger partial charge on any atom is -0.481 e. The van der Waals surface area contributed by atoms with Gasteiger partial charge in [0, 0.05) is 11.6 Å². The highest BCUT2D eigenvalue weighted by molar-refractivity contribution is 5.97. The molecule has 2 N–H and O–H groups in total. The molecule has 21 heavy (non-hydrogen) atoms. The summed E-state index contributed by atoms with van der Waals surface area (Å²) in [4.78, 5) is 23.9. The molecule has 1 aliphatic carbocycles. The van der Waals surface area contributed by atoms with E-state index in [1.54, 1.807) is 6.92 Å². The van der Waals surface area contributed by atoms with Crippen LogP contribution in [0.5, 0.6) is 0 Å². The summed E-state index contributed by atoms with van der Waals surface area (Å²) >= 11 is 0. The zero-order valence-corrected chi connectivity index (χ0v) is 12.9. The fourth-order valence-electron chi connectivity index (χ4n) is 3.14. The van der Waals surface area contributed by atoms with E-state index in [0.29, 0.717) is 17.7 Å². The van der Waals surface area contributed by atoms with Gasteiger partial charge in [-0.3, -0.25) is 9.59 Å². The number of carbonyl (C=O) groups is 2. The van der Waals surface area contributed by atoms with E-state index in [9.17, 15) is 14.7 Å². The minimum absolute atomic E-state index is 0.222. The largest absolute Gasteiger partial charge is 0.481 e. The van der Waals surface area contributed by atoms with Crippen LogP contribution >= 0.6 is 0 Å². The first-order valence-electron chi connectivity index (χ1n) is 7.52. The highest BCUT2D eigenvalue weighted by atomic mass is 16.4. The molecule has 1 saturated carbocycles. The third-order valence-electron chi connectivity index (χ3n) is 4.44. The number of carboxylic acids is 1. The monoisotopic (exact) mass is 293 g/mol. The number of rotatable bonds is 3. The Labute approximate surface area is 124 Å². The first-order chi connectivity index (χ1) is 9.91. The van der Waals surface area contributed by atoms with Crippen LogP contribution in [0.25, 0.3) is 0 Å². The Bertz CT molecular complexity index is 547. The van der Waals surface area contributed by atoms with Gasteiger partial charge in [0.2, 0.25) is 0 Å². The van der Waals surface area contributed by atoms with Crippen LogP contribution in [-0.4, -0.2) is 23.0 Å². The van der Waals surface area contributed by atoms with E-state index in [1.165, 1.54) is 0 Å². The van der Waals surface area contributed by atoms with Crippen molar-refractivity contribution >= 4 is 11.9 Å². The maximum absolute atomic E-state index is 12.5. The molecule has 0 radical (unpaired) electrons. The van der Waals surface area contributed by atoms with E-state index in [0.717, 1.165) is 37.0 Å². The smallest absolute Gasteiger partial charge is 0.308 e. The second-order valence-electron chi connectivity index (χ2n) is 5.88. The lowest BCUT2D eigenvalue weighted by molar-refractivity contribution is -0.142. The Morgan fingerprint density at radius 1 is 1.10 bits per heavy atom. The lowest BCUT2D eigenvalue weighted by atomic mass is 9.94. The Morgan fingerprint density at radius 3 is 2.33 bits per heavy atom. The summed E-state index contributed by atoms with van der Waals surface area (Å²) in [7, 11) is 0. The number of furan rings is 1. The molecule has 1 heterocycles. The molecule has 0 spiro atoms. The average molecular weight is 293 g/mol. The molecule has 2 atom stereocenters. The van der Waals surface area contributed by atoms with Crippen molar-refractivity contribution in [3.8, 4) is 0 Å². The van der Waals surface area contributed by atoms with E-state index >= 15 is 0 Å². The van der Waals surface area contributed by atoms with Crippen molar-refractivity contribution in [2.24, 2.45) is 5.92 Å². The van der Waals surface area contributed by atoms with Crippen molar-refractivity contribution in [2.45, 2.75) is 58.9 Å². The SMILES string of the molecule is Cc1oc(C)c(C(=O)NC2CCCCCC2C(=O)O)c1C. The van der Waals surface area contributed by atoms with Gasteiger partial charge >= 0.3 is 5.97 Å². The van der Waals surface area contributed by atoms with Gasteiger partial charge in [-0.25, -0.2) is 0 Å². The van der Waals surface area contributed by atoms with Gasteiger partial charge in [0.25, 0.3) is 5.91 Å². The van der Waals surface area contributed by atoms with Gasteiger partial charge in [-0.15, -0.1) is 0 Å². The van der Waals surface area contributed by atoms with Gasteiger partial charge < -0.3 is 14.8 Å². The number of nitrogens with one attached hydrogen (secondary N) is 1. The Balaban J connectivity index is 2.18. The molecule has 1 aromatic rings. The van der Waals surface area contributed by atoms with Crippen molar-refractivity contribution in [3.05, 3.63) is 22.6 Å². The molecule has 5 nitrogen and oxygen atoms in total. The van der Waals surface area contributed by atoms with E-state index in [1.807, 2.05) is 13.8 Å². The molecule has 1 amide bonds. The maximum Gasteiger partial charge on any atom is 0.308 e. The minimum atomic E-state index is -0.820. The Hall–Kier alpha value is -1.78. The summed E-state index contributed by atoms with van der Waals surface area (Å²) in [6, 6.07) is -0.300. The van der Waals surface area contributed by atoms with Crippen molar-refractivity contribution in [2.75, 3.05) is 0 Å². The van der Waals surface area contributed by atoms with Crippen molar-refractivity contribution in [3.63, 3.8) is 0 Å².